The van der Waals surface area contributed by atoms with Crippen molar-refractivity contribution in [2.75, 3.05) is 6.54 Å². The highest BCUT2D eigenvalue weighted by atomic mass is 32.1. The number of nitrogens with one attached hydrogen (secondary N) is 1. The molecular weight excluding hydrogens is 322 g/mol. The third-order valence-corrected chi connectivity index (χ3v) is 4.71. The number of aliphatic hydroxyl groups is 1. The van der Waals surface area contributed by atoms with Crippen molar-refractivity contribution in [2.24, 2.45) is 0 Å². The van der Waals surface area contributed by atoms with Gasteiger partial charge in [-0.1, -0.05) is 6.07 Å². The van der Waals surface area contributed by atoms with Gasteiger partial charge in [0.25, 0.3) is 5.91 Å². The number of aromatic nitrogens is 1. The van der Waals surface area contributed by atoms with Crippen molar-refractivity contribution in [1.82, 2.24) is 10.3 Å². The fraction of sp³-hybridized carbons (Fsp3) is 0.375. The molecule has 2 aromatic rings. The van der Waals surface area contributed by atoms with Gasteiger partial charge in [-0.15, -0.1) is 11.3 Å². The van der Waals surface area contributed by atoms with Crippen molar-refractivity contribution >= 4 is 17.2 Å². The highest BCUT2D eigenvalue weighted by molar-refractivity contribution is 7.11. The second kappa shape index (κ2) is 5.98. The van der Waals surface area contributed by atoms with Crippen molar-refractivity contribution in [1.29, 1.82) is 0 Å². The minimum absolute atomic E-state index is 0.0640. The van der Waals surface area contributed by atoms with Gasteiger partial charge in [-0.05, 0) is 25.8 Å². The van der Waals surface area contributed by atoms with Crippen LogP contribution >= 0.6 is 11.3 Å². The maximum atomic E-state index is 13.8. The Morgan fingerprint density at radius 1 is 1.48 bits per heavy atom. The van der Waals surface area contributed by atoms with Crippen LogP contribution in [0.1, 0.15) is 46.6 Å². The van der Waals surface area contributed by atoms with Crippen molar-refractivity contribution in [3.8, 4) is 0 Å². The molecule has 0 spiro atoms. The largest absolute Gasteiger partial charge is 0.383 e. The molecule has 1 aromatic carbocycles. The van der Waals surface area contributed by atoms with Crippen LogP contribution in [-0.2, 0) is 5.60 Å². The van der Waals surface area contributed by atoms with E-state index in [1.807, 2.05) is 0 Å². The summed E-state index contributed by atoms with van der Waals surface area (Å²) in [7, 11) is 0. The number of thiazole rings is 1. The molecule has 1 amide bonds. The molecule has 0 aliphatic heterocycles. The van der Waals surface area contributed by atoms with E-state index in [-0.39, 0.29) is 18.0 Å². The third-order valence-electron chi connectivity index (χ3n) is 3.87. The Labute approximate surface area is 136 Å². The molecule has 7 heteroatoms. The number of hydrogen-bond donors (Lipinski definition) is 2. The molecule has 0 bridgehead atoms. The van der Waals surface area contributed by atoms with Gasteiger partial charge in [-0.2, -0.15) is 0 Å². The van der Waals surface area contributed by atoms with Crippen LogP contribution in [0.2, 0.25) is 0 Å². The lowest BCUT2D eigenvalue weighted by atomic mass is 9.95. The van der Waals surface area contributed by atoms with Crippen molar-refractivity contribution in [2.45, 2.75) is 31.3 Å². The van der Waals surface area contributed by atoms with E-state index in [2.05, 4.69) is 10.3 Å². The molecule has 1 aromatic heterocycles. The van der Waals surface area contributed by atoms with Gasteiger partial charge < -0.3 is 10.4 Å². The first kappa shape index (κ1) is 16.0. The van der Waals surface area contributed by atoms with Crippen LogP contribution < -0.4 is 5.32 Å². The minimum atomic E-state index is -1.64. The zero-order valence-corrected chi connectivity index (χ0v) is 13.3. The summed E-state index contributed by atoms with van der Waals surface area (Å²) in [5.74, 6) is -1.56. The van der Waals surface area contributed by atoms with E-state index in [1.54, 1.807) is 5.51 Å². The molecule has 1 atom stereocenters. The summed E-state index contributed by atoms with van der Waals surface area (Å²) in [4.78, 5) is 17.0. The summed E-state index contributed by atoms with van der Waals surface area (Å²) in [6, 6.07) is 2.96. The van der Waals surface area contributed by atoms with Gasteiger partial charge in [0.2, 0.25) is 0 Å². The van der Waals surface area contributed by atoms with E-state index in [0.717, 1.165) is 24.6 Å². The van der Waals surface area contributed by atoms with Gasteiger partial charge in [0.15, 0.2) is 0 Å². The fourth-order valence-electron chi connectivity index (χ4n) is 2.43. The Morgan fingerprint density at radius 3 is 2.87 bits per heavy atom. The van der Waals surface area contributed by atoms with Crippen LogP contribution in [0.4, 0.5) is 8.78 Å². The molecular formula is C16H16F2N2O2S. The Morgan fingerprint density at radius 2 is 2.22 bits per heavy atom. The maximum Gasteiger partial charge on any atom is 0.263 e. The van der Waals surface area contributed by atoms with E-state index < -0.39 is 17.2 Å². The molecule has 122 valence electrons. The molecule has 4 nitrogen and oxygen atoms in total. The van der Waals surface area contributed by atoms with Crippen LogP contribution in [-0.4, -0.2) is 22.5 Å². The number of benzene rings is 1. The molecule has 1 unspecified atom stereocenters. The van der Waals surface area contributed by atoms with Gasteiger partial charge in [0.05, 0.1) is 17.7 Å². The monoisotopic (exact) mass is 338 g/mol. The Bertz CT molecular complexity index is 741. The predicted molar refractivity (Wildman–Crippen MR) is 82.4 cm³/mol. The first-order valence-corrected chi connectivity index (χ1v) is 8.16. The topological polar surface area (TPSA) is 62.2 Å². The molecule has 1 aliphatic rings. The molecule has 23 heavy (non-hydrogen) atoms. The average Bonchev–Trinajstić information content (AvgIpc) is 3.21. The number of carbonyl (C=O) groups is 1. The maximum absolute atomic E-state index is 13.8. The van der Waals surface area contributed by atoms with E-state index >= 15 is 0 Å². The van der Waals surface area contributed by atoms with E-state index in [1.165, 1.54) is 24.3 Å². The fourth-order valence-corrected chi connectivity index (χ4v) is 3.22. The Balaban J connectivity index is 1.71. The van der Waals surface area contributed by atoms with Crippen LogP contribution in [0.25, 0.3) is 0 Å². The number of rotatable bonds is 5. The van der Waals surface area contributed by atoms with Crippen molar-refractivity contribution < 1.29 is 18.7 Å². The third kappa shape index (κ3) is 3.40. The Kier molecular flexibility index (Phi) is 4.16. The first-order chi connectivity index (χ1) is 10.9. The van der Waals surface area contributed by atoms with Crippen LogP contribution in [0.3, 0.4) is 0 Å². The summed E-state index contributed by atoms with van der Waals surface area (Å²) in [5, 5.41) is 13.0. The summed E-state index contributed by atoms with van der Waals surface area (Å²) in [6.45, 7) is 1.19. The highest BCUT2D eigenvalue weighted by Crippen LogP contribution is 2.41. The molecule has 0 radical (unpaired) electrons. The Hall–Kier alpha value is -1.86. The van der Waals surface area contributed by atoms with Gasteiger partial charge in [0.1, 0.15) is 22.1 Å². The minimum Gasteiger partial charge on any atom is -0.383 e. The zero-order valence-electron chi connectivity index (χ0n) is 12.5. The molecule has 1 heterocycles. The zero-order chi connectivity index (χ0) is 16.6. The lowest BCUT2D eigenvalue weighted by Crippen LogP contribution is -2.39. The molecule has 0 saturated heterocycles. The van der Waals surface area contributed by atoms with Gasteiger partial charge in [-0.3, -0.25) is 4.79 Å². The molecule has 2 N–H and O–H groups in total. The smallest absolute Gasteiger partial charge is 0.263 e. The van der Waals surface area contributed by atoms with Crippen LogP contribution in [0.5, 0.6) is 0 Å². The number of halogens is 2. The summed E-state index contributed by atoms with van der Waals surface area (Å²) in [6.07, 6.45) is 2.06. The van der Waals surface area contributed by atoms with Gasteiger partial charge >= 0.3 is 0 Å². The summed E-state index contributed by atoms with van der Waals surface area (Å²) in [5.41, 5.74) is 0.712. The normalized spacial score (nSPS) is 16.9. The number of amides is 1. The highest BCUT2D eigenvalue weighted by Gasteiger charge is 2.32. The number of carbonyl (C=O) groups excluding carboxylic acids is 1. The average molecular weight is 338 g/mol. The van der Waals surface area contributed by atoms with Gasteiger partial charge in [-0.25, -0.2) is 13.8 Å². The summed E-state index contributed by atoms with van der Waals surface area (Å²) >= 11 is 1.25. The van der Waals surface area contributed by atoms with Gasteiger partial charge in [0, 0.05) is 17.5 Å². The number of hydrogen-bond acceptors (Lipinski definition) is 4. The molecule has 1 aliphatic carbocycles. The van der Waals surface area contributed by atoms with Crippen molar-refractivity contribution in [3.05, 3.63) is 51.5 Å². The number of nitrogens with zero attached hydrogens (tertiary/aromatic N) is 1. The lowest BCUT2D eigenvalue weighted by molar-refractivity contribution is 0.0495. The van der Waals surface area contributed by atoms with E-state index in [0.29, 0.717) is 16.9 Å². The van der Waals surface area contributed by atoms with E-state index in [4.69, 9.17) is 0 Å². The van der Waals surface area contributed by atoms with Crippen LogP contribution in [0, 0.1) is 11.6 Å². The summed E-state index contributed by atoms with van der Waals surface area (Å²) < 4.78 is 26.8. The van der Waals surface area contributed by atoms with Crippen molar-refractivity contribution in [3.63, 3.8) is 0 Å². The quantitative estimate of drug-likeness (QED) is 0.881. The van der Waals surface area contributed by atoms with E-state index in [9.17, 15) is 18.7 Å². The standard InChI is InChI=1S/C16H16F2N2O2S/c1-16(22,11-5-4-10(17)6-12(11)18)7-19-15(21)14-13(9-2-3-9)20-8-23-14/h4-6,8-9,22H,2-3,7H2,1H3,(H,19,21). The molecule has 3 rings (SSSR count). The second-order valence-corrected chi connectivity index (χ2v) is 6.78. The lowest BCUT2D eigenvalue weighted by Gasteiger charge is -2.24. The van der Waals surface area contributed by atoms with Crippen LogP contribution in [0.15, 0.2) is 23.7 Å². The second-order valence-electron chi connectivity index (χ2n) is 5.92. The molecule has 1 saturated carbocycles. The first-order valence-electron chi connectivity index (χ1n) is 7.28. The SMILES string of the molecule is CC(O)(CNC(=O)c1scnc1C1CC1)c1ccc(F)cc1F. The predicted octanol–water partition coefficient (Wildman–Crippen LogP) is 2.94. The molecule has 1 fully saturated rings.